The quantitative estimate of drug-likeness (QED) is 0.916. The van der Waals surface area contributed by atoms with Crippen LogP contribution in [0.1, 0.15) is 32.1 Å². The van der Waals surface area contributed by atoms with Crippen LogP contribution in [-0.4, -0.2) is 46.5 Å². The van der Waals surface area contributed by atoms with E-state index in [9.17, 15) is 4.79 Å². The van der Waals surface area contributed by atoms with E-state index in [1.54, 1.807) is 6.20 Å². The van der Waals surface area contributed by atoms with E-state index in [1.165, 1.54) is 6.42 Å². The first-order valence-corrected chi connectivity index (χ1v) is 9.52. The fraction of sp³-hybridized carbons (Fsp3) is 0.450. The van der Waals surface area contributed by atoms with E-state index in [0.29, 0.717) is 5.95 Å². The van der Waals surface area contributed by atoms with E-state index >= 15 is 0 Å². The van der Waals surface area contributed by atoms with Crippen LogP contribution in [0.3, 0.4) is 0 Å². The highest BCUT2D eigenvalue weighted by molar-refractivity contribution is 5.85. The van der Waals surface area contributed by atoms with Gasteiger partial charge in [0.15, 0.2) is 0 Å². The Morgan fingerprint density at radius 3 is 2.62 bits per heavy atom. The van der Waals surface area contributed by atoms with Gasteiger partial charge in [0, 0.05) is 31.5 Å². The Labute approximate surface area is 154 Å². The summed E-state index contributed by atoms with van der Waals surface area (Å²) < 4.78 is 0. The van der Waals surface area contributed by atoms with Gasteiger partial charge in [0.05, 0.1) is 0 Å². The fourth-order valence-corrected chi connectivity index (χ4v) is 3.81. The van der Waals surface area contributed by atoms with Crippen LogP contribution in [0.5, 0.6) is 0 Å². The molecule has 0 bridgehead atoms. The second-order valence-corrected chi connectivity index (χ2v) is 6.97. The van der Waals surface area contributed by atoms with Gasteiger partial charge >= 0.3 is 0 Å². The van der Waals surface area contributed by atoms with Crippen molar-refractivity contribution < 1.29 is 4.79 Å². The molecule has 1 aromatic heterocycles. The lowest BCUT2D eigenvalue weighted by Crippen LogP contribution is -2.48. The molecule has 0 aliphatic carbocycles. The van der Waals surface area contributed by atoms with Crippen LogP contribution in [0.4, 0.5) is 17.5 Å². The number of anilines is 3. The summed E-state index contributed by atoms with van der Waals surface area (Å²) in [6, 6.07) is 11.7. The summed E-state index contributed by atoms with van der Waals surface area (Å²) in [7, 11) is 0. The van der Waals surface area contributed by atoms with Crippen molar-refractivity contribution >= 4 is 23.4 Å². The van der Waals surface area contributed by atoms with Crippen molar-refractivity contribution in [2.45, 2.75) is 38.1 Å². The first-order chi connectivity index (χ1) is 12.8. The van der Waals surface area contributed by atoms with Crippen molar-refractivity contribution in [3.63, 3.8) is 0 Å². The number of nitrogens with one attached hydrogen (secondary N) is 1. The second kappa shape index (κ2) is 7.72. The van der Waals surface area contributed by atoms with Crippen molar-refractivity contribution in [3.05, 3.63) is 42.6 Å². The molecule has 1 N–H and O–H groups in total. The number of benzene rings is 1. The van der Waals surface area contributed by atoms with Gasteiger partial charge in [0.1, 0.15) is 11.9 Å². The molecule has 0 unspecified atom stereocenters. The third kappa shape index (κ3) is 3.64. The molecule has 136 valence electrons. The number of hydrogen-bond donors (Lipinski definition) is 1. The number of carbonyl (C=O) groups is 1. The van der Waals surface area contributed by atoms with Crippen LogP contribution in [0, 0.1) is 0 Å². The molecule has 0 saturated carbocycles. The third-order valence-corrected chi connectivity index (χ3v) is 5.15. The summed E-state index contributed by atoms with van der Waals surface area (Å²) in [6.07, 6.45) is 7.11. The van der Waals surface area contributed by atoms with Gasteiger partial charge in [-0.15, -0.1) is 0 Å². The topological polar surface area (TPSA) is 61.4 Å². The Kier molecular flexibility index (Phi) is 5.00. The maximum absolute atomic E-state index is 13.0. The number of likely N-dealkylation sites (tertiary alicyclic amines) is 1. The van der Waals surface area contributed by atoms with Gasteiger partial charge in [-0.25, -0.2) is 4.98 Å². The predicted molar refractivity (Wildman–Crippen MR) is 103 cm³/mol. The Balaban J connectivity index is 1.50. The summed E-state index contributed by atoms with van der Waals surface area (Å²) in [5, 5.41) is 3.30. The molecule has 26 heavy (non-hydrogen) atoms. The Morgan fingerprint density at radius 1 is 1.00 bits per heavy atom. The van der Waals surface area contributed by atoms with Crippen LogP contribution in [0.25, 0.3) is 0 Å². The monoisotopic (exact) mass is 351 g/mol. The van der Waals surface area contributed by atoms with E-state index < -0.39 is 0 Å². The number of para-hydroxylation sites is 1. The zero-order chi connectivity index (χ0) is 17.8. The molecular weight excluding hydrogens is 326 g/mol. The number of amides is 1. The molecule has 2 aliphatic heterocycles. The Morgan fingerprint density at radius 2 is 1.81 bits per heavy atom. The maximum atomic E-state index is 13.0. The molecule has 0 radical (unpaired) electrons. The van der Waals surface area contributed by atoms with Crippen molar-refractivity contribution in [2.75, 3.05) is 29.9 Å². The molecule has 6 heteroatoms. The summed E-state index contributed by atoms with van der Waals surface area (Å²) >= 11 is 0. The molecule has 2 aromatic rings. The zero-order valence-electron chi connectivity index (χ0n) is 15.0. The molecule has 1 atom stereocenters. The van der Waals surface area contributed by atoms with Crippen molar-refractivity contribution in [3.8, 4) is 0 Å². The molecule has 2 saturated heterocycles. The number of piperidine rings is 1. The number of aromatic nitrogens is 2. The van der Waals surface area contributed by atoms with Crippen molar-refractivity contribution in [2.24, 2.45) is 0 Å². The first kappa shape index (κ1) is 16.8. The zero-order valence-corrected chi connectivity index (χ0v) is 15.0. The fourth-order valence-electron chi connectivity index (χ4n) is 3.81. The van der Waals surface area contributed by atoms with Crippen LogP contribution in [0.15, 0.2) is 42.6 Å². The van der Waals surface area contributed by atoms with Gasteiger partial charge in [-0.3, -0.25) is 4.79 Å². The third-order valence-electron chi connectivity index (χ3n) is 5.15. The highest BCUT2D eigenvalue weighted by atomic mass is 16.2. The predicted octanol–water partition coefficient (Wildman–Crippen LogP) is 3.20. The van der Waals surface area contributed by atoms with Gasteiger partial charge < -0.3 is 15.1 Å². The molecule has 1 amide bonds. The van der Waals surface area contributed by atoms with Crippen LogP contribution in [-0.2, 0) is 4.79 Å². The molecular formula is C20H25N5O. The average molecular weight is 351 g/mol. The van der Waals surface area contributed by atoms with Crippen molar-refractivity contribution in [1.29, 1.82) is 0 Å². The summed E-state index contributed by atoms with van der Waals surface area (Å²) in [5.41, 5.74) is 0.986. The second-order valence-electron chi connectivity index (χ2n) is 6.97. The number of carbonyl (C=O) groups excluding carboxylic acids is 1. The smallest absolute Gasteiger partial charge is 0.245 e. The van der Waals surface area contributed by atoms with Gasteiger partial charge in [0.25, 0.3) is 0 Å². The number of rotatable bonds is 4. The first-order valence-electron chi connectivity index (χ1n) is 9.52. The van der Waals surface area contributed by atoms with E-state index in [1.807, 2.05) is 41.3 Å². The van der Waals surface area contributed by atoms with Gasteiger partial charge in [-0.1, -0.05) is 18.2 Å². The minimum absolute atomic E-state index is 0.125. The molecule has 6 nitrogen and oxygen atoms in total. The minimum Gasteiger partial charge on any atom is -0.341 e. The van der Waals surface area contributed by atoms with Gasteiger partial charge in [-0.2, -0.15) is 4.98 Å². The highest BCUT2D eigenvalue weighted by Gasteiger charge is 2.35. The minimum atomic E-state index is -0.125. The molecule has 3 heterocycles. The van der Waals surface area contributed by atoms with Crippen molar-refractivity contribution in [1.82, 2.24) is 14.9 Å². The number of nitrogens with zero attached hydrogens (tertiary/aromatic N) is 4. The average Bonchev–Trinajstić information content (AvgIpc) is 3.19. The SMILES string of the molecule is O=C([C@@H]1CCCN1c1nccc(Nc2ccccc2)n1)N1CCCCC1. The standard InChI is InChI=1S/C20H25N5O/c26-19(24-13-5-2-6-14-24)17-10-7-15-25(17)20-21-12-11-18(23-20)22-16-8-3-1-4-9-16/h1,3-4,8-9,11-12,17H,2,5-7,10,13-15H2,(H,21,22,23)/t17-/m0/s1. The summed E-state index contributed by atoms with van der Waals surface area (Å²) in [6.45, 7) is 2.61. The Bertz CT molecular complexity index is 745. The number of hydrogen-bond acceptors (Lipinski definition) is 5. The highest BCUT2D eigenvalue weighted by Crippen LogP contribution is 2.26. The van der Waals surface area contributed by atoms with E-state index in [0.717, 1.165) is 56.8 Å². The Hall–Kier alpha value is -2.63. The molecule has 2 fully saturated rings. The molecule has 1 aromatic carbocycles. The van der Waals surface area contributed by atoms with E-state index in [-0.39, 0.29) is 11.9 Å². The lowest BCUT2D eigenvalue weighted by molar-refractivity contribution is -0.133. The van der Waals surface area contributed by atoms with Crippen LogP contribution in [0.2, 0.25) is 0 Å². The van der Waals surface area contributed by atoms with E-state index in [4.69, 9.17) is 0 Å². The van der Waals surface area contributed by atoms with Gasteiger partial charge in [0.2, 0.25) is 11.9 Å². The molecule has 2 aliphatic rings. The normalized spacial score (nSPS) is 20.2. The maximum Gasteiger partial charge on any atom is 0.245 e. The lowest BCUT2D eigenvalue weighted by Gasteiger charge is -2.32. The van der Waals surface area contributed by atoms with E-state index in [2.05, 4.69) is 20.2 Å². The van der Waals surface area contributed by atoms with Gasteiger partial charge in [-0.05, 0) is 50.3 Å². The summed E-state index contributed by atoms with van der Waals surface area (Å²) in [4.78, 5) is 26.2. The largest absolute Gasteiger partial charge is 0.341 e. The molecule has 4 rings (SSSR count). The van der Waals surface area contributed by atoms with Crippen LogP contribution >= 0.6 is 0 Å². The summed E-state index contributed by atoms with van der Waals surface area (Å²) in [5.74, 6) is 1.63. The van der Waals surface area contributed by atoms with Crippen LogP contribution < -0.4 is 10.2 Å². The lowest BCUT2D eigenvalue weighted by atomic mass is 10.1. The molecule has 0 spiro atoms.